The normalized spacial score (nSPS) is 16.3. The highest BCUT2D eigenvalue weighted by Gasteiger charge is 2.22. The average molecular weight is 437 g/mol. The molecular formula is C25H28N2O5. The fourth-order valence-electron chi connectivity index (χ4n) is 3.91. The number of amides is 2. The Labute approximate surface area is 188 Å². The summed E-state index contributed by atoms with van der Waals surface area (Å²) in [5.74, 6) is 0.728. The first kappa shape index (κ1) is 21.9. The van der Waals surface area contributed by atoms with Crippen molar-refractivity contribution in [3.8, 4) is 11.5 Å². The molecule has 4 rings (SSSR count). The van der Waals surface area contributed by atoms with Gasteiger partial charge in [-0.25, -0.2) is 0 Å². The van der Waals surface area contributed by atoms with Crippen molar-refractivity contribution < 1.29 is 23.8 Å². The van der Waals surface area contributed by atoms with E-state index >= 15 is 0 Å². The van der Waals surface area contributed by atoms with Gasteiger partial charge in [0, 0.05) is 31.7 Å². The molecule has 0 radical (unpaired) electrons. The Morgan fingerprint density at radius 2 is 1.75 bits per heavy atom. The fourth-order valence-corrected chi connectivity index (χ4v) is 3.91. The Morgan fingerprint density at radius 3 is 2.44 bits per heavy atom. The van der Waals surface area contributed by atoms with Gasteiger partial charge in [0.2, 0.25) is 0 Å². The summed E-state index contributed by atoms with van der Waals surface area (Å²) in [6.07, 6.45) is 2.93. The molecule has 0 N–H and O–H groups in total. The van der Waals surface area contributed by atoms with Crippen molar-refractivity contribution in [2.24, 2.45) is 0 Å². The van der Waals surface area contributed by atoms with Crippen LogP contribution in [0.1, 0.15) is 22.3 Å². The van der Waals surface area contributed by atoms with E-state index in [9.17, 15) is 9.59 Å². The van der Waals surface area contributed by atoms with Gasteiger partial charge in [-0.15, -0.1) is 0 Å². The van der Waals surface area contributed by atoms with Crippen LogP contribution in [0.5, 0.6) is 11.5 Å². The Bertz CT molecular complexity index is 983. The SMILES string of the molecule is COc1cc(C(=O)N2CC=C(c3ccccc3)CC2)ccc1OCC(=O)N1CCOCC1. The molecule has 0 saturated carbocycles. The van der Waals surface area contributed by atoms with Crippen LogP contribution in [0.15, 0.2) is 54.6 Å². The van der Waals surface area contributed by atoms with Gasteiger partial charge in [-0.2, -0.15) is 0 Å². The summed E-state index contributed by atoms with van der Waals surface area (Å²) in [4.78, 5) is 28.9. The monoisotopic (exact) mass is 436 g/mol. The molecular weight excluding hydrogens is 408 g/mol. The number of methoxy groups -OCH3 is 1. The maximum absolute atomic E-state index is 13.0. The van der Waals surface area contributed by atoms with Crippen LogP contribution in [-0.2, 0) is 9.53 Å². The zero-order chi connectivity index (χ0) is 22.3. The van der Waals surface area contributed by atoms with E-state index in [1.165, 1.54) is 18.2 Å². The van der Waals surface area contributed by atoms with Crippen LogP contribution in [0.4, 0.5) is 0 Å². The maximum Gasteiger partial charge on any atom is 0.260 e. The molecule has 1 fully saturated rings. The third-order valence-electron chi connectivity index (χ3n) is 5.77. The fraction of sp³-hybridized carbons (Fsp3) is 0.360. The zero-order valence-electron chi connectivity index (χ0n) is 18.3. The molecule has 2 aliphatic rings. The minimum atomic E-state index is -0.0927. The van der Waals surface area contributed by atoms with Crippen molar-refractivity contribution in [2.75, 3.05) is 53.1 Å². The van der Waals surface area contributed by atoms with Gasteiger partial charge in [-0.05, 0) is 35.8 Å². The van der Waals surface area contributed by atoms with Gasteiger partial charge < -0.3 is 24.0 Å². The highest BCUT2D eigenvalue weighted by molar-refractivity contribution is 5.95. The van der Waals surface area contributed by atoms with Gasteiger partial charge in [0.1, 0.15) is 0 Å². The van der Waals surface area contributed by atoms with Crippen LogP contribution in [0, 0.1) is 0 Å². The van der Waals surface area contributed by atoms with E-state index in [0.29, 0.717) is 56.5 Å². The number of morpholine rings is 1. The molecule has 0 unspecified atom stereocenters. The molecule has 0 spiro atoms. The molecule has 0 bridgehead atoms. The number of carbonyl (C=O) groups excluding carboxylic acids is 2. The first-order chi connectivity index (χ1) is 15.7. The van der Waals surface area contributed by atoms with Crippen molar-refractivity contribution in [2.45, 2.75) is 6.42 Å². The van der Waals surface area contributed by atoms with E-state index in [-0.39, 0.29) is 18.4 Å². The molecule has 7 heteroatoms. The number of ether oxygens (including phenoxy) is 3. The topological polar surface area (TPSA) is 68.3 Å². The van der Waals surface area contributed by atoms with Crippen LogP contribution in [-0.4, -0.2) is 74.7 Å². The molecule has 32 heavy (non-hydrogen) atoms. The molecule has 2 heterocycles. The molecule has 1 saturated heterocycles. The Hall–Kier alpha value is -3.32. The molecule has 2 amide bonds. The van der Waals surface area contributed by atoms with E-state index < -0.39 is 0 Å². The summed E-state index contributed by atoms with van der Waals surface area (Å²) < 4.78 is 16.4. The Kier molecular flexibility index (Phi) is 7.07. The van der Waals surface area contributed by atoms with E-state index in [1.54, 1.807) is 23.1 Å². The van der Waals surface area contributed by atoms with E-state index in [2.05, 4.69) is 18.2 Å². The van der Waals surface area contributed by atoms with Crippen LogP contribution in [0.2, 0.25) is 0 Å². The van der Waals surface area contributed by atoms with Crippen molar-refractivity contribution in [1.82, 2.24) is 9.80 Å². The quantitative estimate of drug-likeness (QED) is 0.697. The van der Waals surface area contributed by atoms with Gasteiger partial charge in [0.05, 0.1) is 20.3 Å². The predicted octanol–water partition coefficient (Wildman–Crippen LogP) is 2.86. The lowest BCUT2D eigenvalue weighted by molar-refractivity contribution is -0.137. The second kappa shape index (κ2) is 10.3. The number of benzene rings is 2. The minimum absolute atomic E-state index is 0.0531. The lowest BCUT2D eigenvalue weighted by Gasteiger charge is -2.27. The molecule has 0 aromatic heterocycles. The van der Waals surface area contributed by atoms with E-state index in [0.717, 1.165) is 6.42 Å². The predicted molar refractivity (Wildman–Crippen MR) is 121 cm³/mol. The molecule has 168 valence electrons. The zero-order valence-corrected chi connectivity index (χ0v) is 18.3. The van der Waals surface area contributed by atoms with Crippen molar-refractivity contribution in [1.29, 1.82) is 0 Å². The minimum Gasteiger partial charge on any atom is -0.493 e. The van der Waals surface area contributed by atoms with Crippen molar-refractivity contribution in [3.63, 3.8) is 0 Å². The maximum atomic E-state index is 13.0. The summed E-state index contributed by atoms with van der Waals surface area (Å²) in [7, 11) is 1.52. The smallest absolute Gasteiger partial charge is 0.260 e. The van der Waals surface area contributed by atoms with Gasteiger partial charge in [-0.1, -0.05) is 36.4 Å². The Balaban J connectivity index is 1.38. The average Bonchev–Trinajstić information content (AvgIpc) is 2.88. The largest absolute Gasteiger partial charge is 0.493 e. The summed E-state index contributed by atoms with van der Waals surface area (Å²) in [5, 5.41) is 0. The standard InChI is InChI=1S/C25H28N2O5/c1-30-23-17-21(7-8-22(23)32-18-24(28)26-13-15-31-16-14-26)25(29)27-11-9-20(10-12-27)19-5-3-2-4-6-19/h2-9,17H,10-16,18H2,1H3. The van der Waals surface area contributed by atoms with Crippen LogP contribution >= 0.6 is 0 Å². The summed E-state index contributed by atoms with van der Waals surface area (Å²) in [6.45, 7) is 3.38. The second-order valence-corrected chi connectivity index (χ2v) is 7.74. The van der Waals surface area contributed by atoms with Crippen molar-refractivity contribution >= 4 is 17.4 Å². The van der Waals surface area contributed by atoms with E-state index in [1.807, 2.05) is 23.1 Å². The Morgan fingerprint density at radius 1 is 0.969 bits per heavy atom. The first-order valence-electron chi connectivity index (χ1n) is 10.9. The lowest BCUT2D eigenvalue weighted by Crippen LogP contribution is -2.43. The molecule has 2 aliphatic heterocycles. The summed E-state index contributed by atoms with van der Waals surface area (Å²) in [6, 6.07) is 15.3. The van der Waals surface area contributed by atoms with Gasteiger partial charge in [-0.3, -0.25) is 9.59 Å². The number of rotatable bonds is 6. The second-order valence-electron chi connectivity index (χ2n) is 7.74. The lowest BCUT2D eigenvalue weighted by atomic mass is 9.99. The third kappa shape index (κ3) is 5.11. The number of hydrogen-bond donors (Lipinski definition) is 0. The molecule has 2 aromatic rings. The molecule has 2 aromatic carbocycles. The first-order valence-corrected chi connectivity index (χ1v) is 10.9. The molecule has 0 atom stereocenters. The van der Waals surface area contributed by atoms with E-state index in [4.69, 9.17) is 14.2 Å². The molecule has 0 aliphatic carbocycles. The van der Waals surface area contributed by atoms with Gasteiger partial charge in [0.25, 0.3) is 11.8 Å². The highest BCUT2D eigenvalue weighted by Crippen LogP contribution is 2.29. The number of hydrogen-bond acceptors (Lipinski definition) is 5. The summed E-state index contributed by atoms with van der Waals surface area (Å²) >= 11 is 0. The van der Waals surface area contributed by atoms with Gasteiger partial charge >= 0.3 is 0 Å². The van der Waals surface area contributed by atoms with Crippen LogP contribution in [0.25, 0.3) is 5.57 Å². The van der Waals surface area contributed by atoms with Gasteiger partial charge in [0.15, 0.2) is 18.1 Å². The van der Waals surface area contributed by atoms with Crippen LogP contribution in [0.3, 0.4) is 0 Å². The van der Waals surface area contributed by atoms with Crippen molar-refractivity contribution in [3.05, 3.63) is 65.7 Å². The van der Waals surface area contributed by atoms with Crippen LogP contribution < -0.4 is 9.47 Å². The molecule has 7 nitrogen and oxygen atoms in total. The summed E-state index contributed by atoms with van der Waals surface area (Å²) in [5.41, 5.74) is 3.00. The third-order valence-corrected chi connectivity index (χ3v) is 5.77. The number of nitrogens with zero attached hydrogens (tertiary/aromatic N) is 2. The number of carbonyl (C=O) groups is 2. The highest BCUT2D eigenvalue weighted by atomic mass is 16.5.